The molecule has 4 aliphatic rings. The standard InChI is InChI=1S/C18H25NO/c1-11(14-2-4-19-5-3-14)18(20)17-15-7-12-6-13(9-15)10-16(17)8-12/h2-5,11-13,15-18,20H,6-10H2,1H3. The first kappa shape index (κ1) is 12.8. The molecular formula is C18H25NO. The molecule has 4 bridgehead atoms. The minimum Gasteiger partial charge on any atom is -0.392 e. The highest BCUT2D eigenvalue weighted by molar-refractivity contribution is 5.17. The van der Waals surface area contributed by atoms with Crippen molar-refractivity contribution in [1.82, 2.24) is 4.98 Å². The van der Waals surface area contributed by atoms with E-state index in [0.29, 0.717) is 5.92 Å². The molecule has 0 amide bonds. The van der Waals surface area contributed by atoms with Crippen LogP contribution in [0.2, 0.25) is 0 Å². The van der Waals surface area contributed by atoms with Crippen molar-refractivity contribution in [3.05, 3.63) is 30.1 Å². The van der Waals surface area contributed by atoms with Crippen LogP contribution in [-0.4, -0.2) is 16.2 Å². The Hall–Kier alpha value is -0.890. The van der Waals surface area contributed by atoms with Gasteiger partial charge in [-0.15, -0.1) is 0 Å². The molecular weight excluding hydrogens is 246 g/mol. The van der Waals surface area contributed by atoms with Crippen molar-refractivity contribution in [1.29, 1.82) is 0 Å². The molecule has 2 unspecified atom stereocenters. The van der Waals surface area contributed by atoms with E-state index in [1.54, 1.807) is 0 Å². The Bertz CT molecular complexity index is 444. The molecule has 2 heteroatoms. The maximum atomic E-state index is 11.0. The Morgan fingerprint density at radius 2 is 1.55 bits per heavy atom. The highest BCUT2D eigenvalue weighted by Crippen LogP contribution is 2.58. The number of rotatable bonds is 3. The Labute approximate surface area is 121 Å². The summed E-state index contributed by atoms with van der Waals surface area (Å²) in [5, 5.41) is 11.0. The smallest absolute Gasteiger partial charge is 0.0639 e. The molecule has 1 heterocycles. The number of nitrogens with zero attached hydrogens (tertiary/aromatic N) is 1. The molecule has 1 aromatic rings. The molecule has 0 radical (unpaired) electrons. The van der Waals surface area contributed by atoms with Crippen molar-refractivity contribution in [3.63, 3.8) is 0 Å². The molecule has 0 spiro atoms. The third kappa shape index (κ3) is 2.00. The van der Waals surface area contributed by atoms with Crippen molar-refractivity contribution in [2.24, 2.45) is 29.6 Å². The average molecular weight is 271 g/mol. The van der Waals surface area contributed by atoms with Gasteiger partial charge in [-0.2, -0.15) is 0 Å². The van der Waals surface area contributed by atoms with E-state index in [1.807, 2.05) is 12.4 Å². The third-order valence-electron chi connectivity index (χ3n) is 6.44. The second kappa shape index (κ2) is 4.84. The van der Waals surface area contributed by atoms with Crippen LogP contribution in [0.15, 0.2) is 24.5 Å². The molecule has 0 saturated heterocycles. The predicted octanol–water partition coefficient (Wildman–Crippen LogP) is 3.62. The molecule has 1 aromatic heterocycles. The van der Waals surface area contributed by atoms with Gasteiger partial charge in [0.25, 0.3) is 0 Å². The van der Waals surface area contributed by atoms with Gasteiger partial charge in [0.1, 0.15) is 0 Å². The SMILES string of the molecule is CC(c1ccncc1)C(O)C1C2CC3CC(C2)CC1C3. The first-order valence-corrected chi connectivity index (χ1v) is 8.30. The molecule has 1 N–H and O–H groups in total. The van der Waals surface area contributed by atoms with Gasteiger partial charge in [0.2, 0.25) is 0 Å². The molecule has 20 heavy (non-hydrogen) atoms. The molecule has 4 saturated carbocycles. The van der Waals surface area contributed by atoms with Gasteiger partial charge in [0, 0.05) is 18.3 Å². The Balaban J connectivity index is 1.55. The van der Waals surface area contributed by atoms with Crippen molar-refractivity contribution in [2.75, 3.05) is 0 Å². The second-order valence-corrected chi connectivity index (χ2v) is 7.57. The number of aliphatic hydroxyl groups excluding tert-OH is 1. The summed E-state index contributed by atoms with van der Waals surface area (Å²) in [6.45, 7) is 2.19. The van der Waals surface area contributed by atoms with Crippen LogP contribution < -0.4 is 0 Å². The van der Waals surface area contributed by atoms with E-state index < -0.39 is 0 Å². The summed E-state index contributed by atoms with van der Waals surface area (Å²) in [6.07, 6.45) is 10.5. The van der Waals surface area contributed by atoms with Crippen LogP contribution in [0, 0.1) is 29.6 Å². The summed E-state index contributed by atoms with van der Waals surface area (Å²) in [6, 6.07) is 4.12. The largest absolute Gasteiger partial charge is 0.392 e. The minimum atomic E-state index is -0.174. The van der Waals surface area contributed by atoms with Crippen LogP contribution >= 0.6 is 0 Å². The van der Waals surface area contributed by atoms with E-state index in [4.69, 9.17) is 0 Å². The molecule has 5 rings (SSSR count). The highest BCUT2D eigenvalue weighted by Gasteiger charge is 2.51. The lowest BCUT2D eigenvalue weighted by Gasteiger charge is -2.56. The van der Waals surface area contributed by atoms with Gasteiger partial charge in [-0.1, -0.05) is 6.92 Å². The molecule has 0 aliphatic heterocycles. The monoisotopic (exact) mass is 271 g/mol. The fourth-order valence-corrected chi connectivity index (χ4v) is 5.72. The quantitative estimate of drug-likeness (QED) is 0.911. The maximum absolute atomic E-state index is 11.0. The number of hydrogen-bond donors (Lipinski definition) is 1. The van der Waals surface area contributed by atoms with Gasteiger partial charge in [0.15, 0.2) is 0 Å². The van der Waals surface area contributed by atoms with Crippen molar-refractivity contribution in [2.45, 2.75) is 51.0 Å². The van der Waals surface area contributed by atoms with Gasteiger partial charge in [-0.3, -0.25) is 4.98 Å². The lowest BCUT2D eigenvalue weighted by Crippen LogP contribution is -2.50. The van der Waals surface area contributed by atoms with E-state index in [1.165, 1.54) is 37.7 Å². The van der Waals surface area contributed by atoms with E-state index in [0.717, 1.165) is 23.7 Å². The molecule has 2 nitrogen and oxygen atoms in total. The van der Waals surface area contributed by atoms with Crippen LogP contribution in [0.3, 0.4) is 0 Å². The molecule has 4 fully saturated rings. The summed E-state index contributed by atoms with van der Waals surface area (Å²) in [4.78, 5) is 4.09. The molecule has 108 valence electrons. The van der Waals surface area contributed by atoms with E-state index >= 15 is 0 Å². The van der Waals surface area contributed by atoms with Gasteiger partial charge in [-0.05, 0) is 79.4 Å². The number of hydrogen-bond acceptors (Lipinski definition) is 2. The first-order valence-electron chi connectivity index (χ1n) is 8.30. The number of aromatic nitrogens is 1. The van der Waals surface area contributed by atoms with Crippen LogP contribution in [0.4, 0.5) is 0 Å². The summed E-state index contributed by atoms with van der Waals surface area (Å²) in [5.41, 5.74) is 1.24. The van der Waals surface area contributed by atoms with Gasteiger partial charge >= 0.3 is 0 Å². The van der Waals surface area contributed by atoms with Crippen molar-refractivity contribution < 1.29 is 5.11 Å². The Morgan fingerprint density at radius 1 is 1.00 bits per heavy atom. The van der Waals surface area contributed by atoms with Crippen molar-refractivity contribution >= 4 is 0 Å². The molecule has 4 aliphatic carbocycles. The molecule has 2 atom stereocenters. The van der Waals surface area contributed by atoms with Crippen molar-refractivity contribution in [3.8, 4) is 0 Å². The zero-order valence-corrected chi connectivity index (χ0v) is 12.3. The van der Waals surface area contributed by atoms with Crippen LogP contribution in [0.1, 0.15) is 50.5 Å². The van der Waals surface area contributed by atoms with Crippen LogP contribution in [-0.2, 0) is 0 Å². The predicted molar refractivity (Wildman–Crippen MR) is 79.2 cm³/mol. The maximum Gasteiger partial charge on any atom is 0.0639 e. The van der Waals surface area contributed by atoms with Gasteiger partial charge in [0.05, 0.1) is 6.10 Å². The fourth-order valence-electron chi connectivity index (χ4n) is 5.72. The zero-order valence-electron chi connectivity index (χ0n) is 12.3. The zero-order chi connectivity index (χ0) is 13.7. The van der Waals surface area contributed by atoms with Crippen LogP contribution in [0.5, 0.6) is 0 Å². The van der Waals surface area contributed by atoms with E-state index in [2.05, 4.69) is 24.0 Å². The van der Waals surface area contributed by atoms with E-state index in [9.17, 15) is 5.11 Å². The minimum absolute atomic E-state index is 0.174. The molecule has 0 aromatic carbocycles. The van der Waals surface area contributed by atoms with E-state index in [-0.39, 0.29) is 12.0 Å². The Morgan fingerprint density at radius 3 is 2.10 bits per heavy atom. The number of aliphatic hydroxyl groups is 1. The second-order valence-electron chi connectivity index (χ2n) is 7.57. The summed E-state index contributed by atoms with van der Waals surface area (Å²) in [5.74, 6) is 4.34. The third-order valence-corrected chi connectivity index (χ3v) is 6.44. The number of pyridine rings is 1. The lowest BCUT2D eigenvalue weighted by molar-refractivity contribution is -0.0949. The Kier molecular flexibility index (Phi) is 3.10. The first-order chi connectivity index (χ1) is 9.72. The van der Waals surface area contributed by atoms with Crippen LogP contribution in [0.25, 0.3) is 0 Å². The van der Waals surface area contributed by atoms with Gasteiger partial charge in [-0.25, -0.2) is 0 Å². The topological polar surface area (TPSA) is 33.1 Å². The fraction of sp³-hybridized carbons (Fsp3) is 0.722. The lowest BCUT2D eigenvalue weighted by atomic mass is 9.50. The highest BCUT2D eigenvalue weighted by atomic mass is 16.3. The van der Waals surface area contributed by atoms with Gasteiger partial charge < -0.3 is 5.11 Å². The summed E-state index contributed by atoms with van der Waals surface area (Å²) >= 11 is 0. The average Bonchev–Trinajstić information content (AvgIpc) is 2.46. The summed E-state index contributed by atoms with van der Waals surface area (Å²) < 4.78 is 0. The normalized spacial score (nSPS) is 41.6. The summed E-state index contributed by atoms with van der Waals surface area (Å²) in [7, 11) is 0.